The molecule has 0 aromatic heterocycles. The Morgan fingerprint density at radius 2 is 2.04 bits per heavy atom. The summed E-state index contributed by atoms with van der Waals surface area (Å²) < 4.78 is 10.6. The van der Waals surface area contributed by atoms with Gasteiger partial charge in [-0.05, 0) is 36.2 Å². The summed E-state index contributed by atoms with van der Waals surface area (Å²) in [6.07, 6.45) is 1.83. The lowest BCUT2D eigenvalue weighted by Crippen LogP contribution is -2.26. The Hall–Kier alpha value is -3.15. The number of carbonyl (C=O) groups excluding carboxylic acids is 1. The molecule has 136 valence electrons. The van der Waals surface area contributed by atoms with Gasteiger partial charge in [0.05, 0.1) is 25.7 Å². The third-order valence-electron chi connectivity index (χ3n) is 4.63. The van der Waals surface area contributed by atoms with Crippen LogP contribution in [-0.2, 0) is 4.79 Å². The number of aliphatic hydroxyl groups is 1. The van der Waals surface area contributed by atoms with Crippen LogP contribution >= 0.6 is 0 Å². The monoisotopic (exact) mass is 354 g/mol. The Morgan fingerprint density at radius 3 is 2.73 bits per heavy atom. The van der Waals surface area contributed by atoms with Gasteiger partial charge in [-0.15, -0.1) is 0 Å². The van der Waals surface area contributed by atoms with Crippen molar-refractivity contribution in [3.05, 3.63) is 59.8 Å². The number of nitrogens with two attached hydrogens (primary N) is 1. The maximum Gasteiger partial charge on any atom is 0.234 e. The molecule has 1 amide bonds. The van der Waals surface area contributed by atoms with E-state index in [1.165, 1.54) is 7.11 Å². The first kappa shape index (κ1) is 17.7. The maximum absolute atomic E-state index is 12.9. The van der Waals surface area contributed by atoms with Gasteiger partial charge in [0.1, 0.15) is 17.3 Å². The molecule has 2 aromatic carbocycles. The van der Waals surface area contributed by atoms with Crippen molar-refractivity contribution in [2.24, 2.45) is 5.73 Å². The van der Waals surface area contributed by atoms with Crippen LogP contribution < -0.4 is 20.1 Å². The summed E-state index contributed by atoms with van der Waals surface area (Å²) in [6.45, 7) is 0.613. The minimum Gasteiger partial charge on any atom is -0.506 e. The second-order valence-corrected chi connectivity index (χ2v) is 6.04. The van der Waals surface area contributed by atoms with Crippen LogP contribution in [0.25, 0.3) is 5.76 Å². The Balaban J connectivity index is 1.88. The normalized spacial score (nSPS) is 17.5. The Bertz CT molecular complexity index is 847. The third kappa shape index (κ3) is 3.18. The molecule has 0 aliphatic carbocycles. The summed E-state index contributed by atoms with van der Waals surface area (Å²) in [7, 11) is 3.12. The van der Waals surface area contributed by atoms with Gasteiger partial charge in [-0.2, -0.15) is 0 Å². The fourth-order valence-electron chi connectivity index (χ4n) is 3.25. The zero-order valence-electron chi connectivity index (χ0n) is 14.8. The van der Waals surface area contributed by atoms with Gasteiger partial charge in [0, 0.05) is 24.5 Å². The minimum absolute atomic E-state index is 0.0339. The van der Waals surface area contributed by atoms with Gasteiger partial charge in [0.25, 0.3) is 0 Å². The molecular weight excluding hydrogens is 332 g/mol. The van der Waals surface area contributed by atoms with Crippen molar-refractivity contribution < 1.29 is 19.4 Å². The van der Waals surface area contributed by atoms with E-state index in [9.17, 15) is 9.90 Å². The van der Waals surface area contributed by atoms with E-state index in [4.69, 9.17) is 15.2 Å². The van der Waals surface area contributed by atoms with Gasteiger partial charge < -0.3 is 25.2 Å². The number of hydrogen-bond acceptors (Lipinski definition) is 5. The topological polar surface area (TPSA) is 85.0 Å². The van der Waals surface area contributed by atoms with Crippen LogP contribution in [0.4, 0.5) is 5.69 Å². The molecule has 0 radical (unpaired) electrons. The molecule has 1 heterocycles. The zero-order valence-corrected chi connectivity index (χ0v) is 14.8. The van der Waals surface area contributed by atoms with Crippen LogP contribution in [0.3, 0.4) is 0 Å². The van der Waals surface area contributed by atoms with E-state index < -0.39 is 0 Å². The first-order chi connectivity index (χ1) is 12.6. The standard InChI is InChI=1S/C20H22N2O4/c1-25-15-5-3-4-13(10-15)16-8-9-22(20(16)24)14-6-7-17(18(23)12-21)19(11-14)26-2/h3-7,10-12,16,23H,8-9,21H2,1-2H3/b18-12-. The summed E-state index contributed by atoms with van der Waals surface area (Å²) in [4.78, 5) is 14.7. The summed E-state index contributed by atoms with van der Waals surface area (Å²) in [6, 6.07) is 12.8. The first-order valence-corrected chi connectivity index (χ1v) is 8.33. The van der Waals surface area contributed by atoms with Crippen molar-refractivity contribution in [2.75, 3.05) is 25.7 Å². The molecular formula is C20H22N2O4. The van der Waals surface area contributed by atoms with E-state index in [0.29, 0.717) is 17.9 Å². The highest BCUT2D eigenvalue weighted by Gasteiger charge is 2.34. The van der Waals surface area contributed by atoms with E-state index >= 15 is 0 Å². The SMILES string of the molecule is COc1cccc(C2CCN(c3ccc(/C(O)=C/N)c(OC)c3)C2=O)c1. The quantitative estimate of drug-likeness (QED) is 0.806. The average molecular weight is 354 g/mol. The van der Waals surface area contributed by atoms with Crippen molar-refractivity contribution in [3.8, 4) is 11.5 Å². The molecule has 0 saturated carbocycles. The van der Waals surface area contributed by atoms with Gasteiger partial charge in [0.2, 0.25) is 5.91 Å². The van der Waals surface area contributed by atoms with Crippen molar-refractivity contribution in [1.82, 2.24) is 0 Å². The van der Waals surface area contributed by atoms with Gasteiger partial charge in [-0.1, -0.05) is 12.1 Å². The largest absolute Gasteiger partial charge is 0.506 e. The lowest BCUT2D eigenvalue weighted by molar-refractivity contribution is -0.118. The van der Waals surface area contributed by atoms with Gasteiger partial charge in [0.15, 0.2) is 0 Å². The second kappa shape index (κ2) is 7.39. The summed E-state index contributed by atoms with van der Waals surface area (Å²) in [5.41, 5.74) is 7.53. The van der Waals surface area contributed by atoms with E-state index in [1.54, 1.807) is 30.2 Å². The van der Waals surface area contributed by atoms with Gasteiger partial charge in [-0.3, -0.25) is 4.79 Å². The van der Waals surface area contributed by atoms with Crippen LogP contribution in [0, 0.1) is 0 Å². The number of hydrogen-bond donors (Lipinski definition) is 2. The number of ether oxygens (including phenoxy) is 2. The minimum atomic E-state index is -0.201. The van der Waals surface area contributed by atoms with Gasteiger partial charge in [-0.25, -0.2) is 0 Å². The van der Waals surface area contributed by atoms with Crippen LogP contribution in [0.15, 0.2) is 48.7 Å². The zero-order chi connectivity index (χ0) is 18.7. The van der Waals surface area contributed by atoms with Crippen molar-refractivity contribution in [3.63, 3.8) is 0 Å². The molecule has 0 bridgehead atoms. The predicted molar refractivity (Wildman–Crippen MR) is 100 cm³/mol. The highest BCUT2D eigenvalue weighted by molar-refractivity contribution is 6.00. The third-order valence-corrected chi connectivity index (χ3v) is 4.63. The molecule has 3 N–H and O–H groups in total. The predicted octanol–water partition coefficient (Wildman–Crippen LogP) is 3.04. The van der Waals surface area contributed by atoms with Crippen LogP contribution in [-0.4, -0.2) is 31.8 Å². The summed E-state index contributed by atoms with van der Waals surface area (Å²) in [5.74, 6) is 0.957. The van der Waals surface area contributed by atoms with Crippen LogP contribution in [0.2, 0.25) is 0 Å². The second-order valence-electron chi connectivity index (χ2n) is 6.04. The molecule has 6 heteroatoms. The molecule has 2 aromatic rings. The lowest BCUT2D eigenvalue weighted by Gasteiger charge is -2.19. The van der Waals surface area contributed by atoms with E-state index in [1.807, 2.05) is 24.3 Å². The Kier molecular flexibility index (Phi) is 5.02. The highest BCUT2D eigenvalue weighted by atomic mass is 16.5. The molecule has 1 atom stereocenters. The molecule has 26 heavy (non-hydrogen) atoms. The number of benzene rings is 2. The summed E-state index contributed by atoms with van der Waals surface area (Å²) >= 11 is 0. The fraction of sp³-hybridized carbons (Fsp3) is 0.250. The molecule has 1 saturated heterocycles. The van der Waals surface area contributed by atoms with Crippen molar-refractivity contribution in [1.29, 1.82) is 0 Å². The van der Waals surface area contributed by atoms with E-state index in [2.05, 4.69) is 0 Å². The number of aliphatic hydroxyl groups excluding tert-OH is 1. The smallest absolute Gasteiger partial charge is 0.234 e. The average Bonchev–Trinajstić information content (AvgIpc) is 3.08. The van der Waals surface area contributed by atoms with Crippen LogP contribution in [0.5, 0.6) is 11.5 Å². The van der Waals surface area contributed by atoms with Crippen molar-refractivity contribution >= 4 is 17.4 Å². The number of rotatable bonds is 5. The first-order valence-electron chi connectivity index (χ1n) is 8.33. The molecule has 0 spiro atoms. The van der Waals surface area contributed by atoms with Gasteiger partial charge >= 0.3 is 0 Å². The maximum atomic E-state index is 12.9. The molecule has 1 unspecified atom stereocenters. The van der Waals surface area contributed by atoms with Crippen molar-refractivity contribution in [2.45, 2.75) is 12.3 Å². The van der Waals surface area contributed by atoms with Crippen LogP contribution in [0.1, 0.15) is 23.5 Å². The molecule has 1 fully saturated rings. The molecule has 6 nitrogen and oxygen atoms in total. The lowest BCUT2D eigenvalue weighted by atomic mass is 9.97. The summed E-state index contributed by atoms with van der Waals surface area (Å²) in [5, 5.41) is 9.85. The fourth-order valence-corrected chi connectivity index (χ4v) is 3.25. The number of amides is 1. The number of methoxy groups -OCH3 is 2. The Labute approximate surface area is 152 Å². The number of nitrogens with zero attached hydrogens (tertiary/aromatic N) is 1. The highest BCUT2D eigenvalue weighted by Crippen LogP contribution is 2.36. The number of anilines is 1. The number of carbonyl (C=O) groups is 1. The molecule has 3 rings (SSSR count). The van der Waals surface area contributed by atoms with E-state index in [0.717, 1.165) is 29.6 Å². The van der Waals surface area contributed by atoms with E-state index in [-0.39, 0.29) is 17.6 Å². The Morgan fingerprint density at radius 1 is 1.23 bits per heavy atom. The molecule has 1 aliphatic rings. The molecule has 1 aliphatic heterocycles.